The molecule has 2 aromatic rings. The number of aromatic nitrogens is 2. The molecule has 0 spiro atoms. The number of carbonyl (C=O) groups excluding carboxylic acids is 1. The highest BCUT2D eigenvalue weighted by molar-refractivity contribution is 5.76. The third kappa shape index (κ3) is 2.55. The number of nitrogens with zero attached hydrogens (tertiary/aromatic N) is 2. The Bertz CT molecular complexity index is 612. The van der Waals surface area contributed by atoms with Gasteiger partial charge in [0.15, 0.2) is 0 Å². The first-order chi connectivity index (χ1) is 9.75. The Hall–Kier alpha value is -1.84. The van der Waals surface area contributed by atoms with E-state index in [0.717, 1.165) is 29.7 Å². The molecular formula is C16H19N2O2-. The minimum Gasteiger partial charge on any atom is -0.550 e. The average molecular weight is 271 g/mol. The number of rotatable bonds is 4. The molecule has 4 nitrogen and oxygen atoms in total. The van der Waals surface area contributed by atoms with Crippen molar-refractivity contribution in [3.05, 3.63) is 30.1 Å². The number of hydrogen-bond acceptors (Lipinski definition) is 3. The Morgan fingerprint density at radius 1 is 1.25 bits per heavy atom. The first kappa shape index (κ1) is 13.2. The van der Waals surface area contributed by atoms with E-state index in [1.54, 1.807) is 0 Å². The van der Waals surface area contributed by atoms with E-state index in [-0.39, 0.29) is 6.42 Å². The summed E-state index contributed by atoms with van der Waals surface area (Å²) in [5.41, 5.74) is 2.00. The topological polar surface area (TPSA) is 57.9 Å². The largest absolute Gasteiger partial charge is 0.550 e. The zero-order valence-corrected chi connectivity index (χ0v) is 11.5. The molecule has 1 aliphatic carbocycles. The number of imidazole rings is 1. The van der Waals surface area contributed by atoms with Crippen LogP contribution in [-0.4, -0.2) is 15.5 Å². The van der Waals surface area contributed by atoms with E-state index in [1.807, 2.05) is 24.3 Å². The van der Waals surface area contributed by atoms with Gasteiger partial charge in [-0.15, -0.1) is 0 Å². The molecule has 1 aliphatic rings. The molecule has 1 aromatic carbocycles. The fraction of sp³-hybridized carbons (Fsp3) is 0.500. The average Bonchev–Trinajstić information content (AvgIpc) is 2.84. The molecule has 0 N–H and O–H groups in total. The molecule has 0 atom stereocenters. The normalized spacial score (nSPS) is 16.6. The van der Waals surface area contributed by atoms with E-state index >= 15 is 0 Å². The van der Waals surface area contributed by atoms with Crippen molar-refractivity contribution in [3.63, 3.8) is 0 Å². The number of para-hydroxylation sites is 2. The van der Waals surface area contributed by atoms with E-state index in [4.69, 9.17) is 4.98 Å². The van der Waals surface area contributed by atoms with Crippen LogP contribution >= 0.6 is 0 Å². The molecule has 0 bridgehead atoms. The Morgan fingerprint density at radius 3 is 2.75 bits per heavy atom. The van der Waals surface area contributed by atoms with Crippen LogP contribution < -0.4 is 5.11 Å². The van der Waals surface area contributed by atoms with Crippen LogP contribution in [0.2, 0.25) is 0 Å². The summed E-state index contributed by atoms with van der Waals surface area (Å²) in [5, 5.41) is 10.8. The number of carbonyl (C=O) groups is 1. The maximum absolute atomic E-state index is 10.8. The van der Waals surface area contributed by atoms with Crippen LogP contribution in [-0.2, 0) is 11.3 Å². The van der Waals surface area contributed by atoms with Crippen molar-refractivity contribution in [1.29, 1.82) is 0 Å². The van der Waals surface area contributed by atoms with E-state index < -0.39 is 5.97 Å². The molecule has 20 heavy (non-hydrogen) atoms. The standard InChI is InChI=1S/C16H20N2O2/c19-15(20)10-11-18-14-9-5-4-8-13(14)17-16(18)12-6-2-1-3-7-12/h4-5,8-9,12H,1-3,6-7,10-11H2,(H,19,20)/p-1. The number of carboxylic acids is 1. The molecule has 106 valence electrons. The Labute approximate surface area is 118 Å². The Morgan fingerprint density at radius 2 is 2.00 bits per heavy atom. The number of fused-ring (bicyclic) bond motifs is 1. The van der Waals surface area contributed by atoms with Crippen molar-refractivity contribution in [3.8, 4) is 0 Å². The summed E-state index contributed by atoms with van der Waals surface area (Å²) >= 11 is 0. The van der Waals surface area contributed by atoms with Crippen LogP contribution in [0.1, 0.15) is 50.3 Å². The molecule has 1 fully saturated rings. The van der Waals surface area contributed by atoms with E-state index in [2.05, 4.69) is 4.57 Å². The molecule has 1 heterocycles. The second-order valence-electron chi connectivity index (χ2n) is 5.57. The van der Waals surface area contributed by atoms with Gasteiger partial charge in [0.25, 0.3) is 0 Å². The van der Waals surface area contributed by atoms with Crippen LogP contribution in [0.15, 0.2) is 24.3 Å². The van der Waals surface area contributed by atoms with Gasteiger partial charge < -0.3 is 14.5 Å². The third-order valence-corrected chi connectivity index (χ3v) is 4.19. The highest BCUT2D eigenvalue weighted by Crippen LogP contribution is 2.33. The summed E-state index contributed by atoms with van der Waals surface area (Å²) in [7, 11) is 0. The van der Waals surface area contributed by atoms with Gasteiger partial charge >= 0.3 is 0 Å². The number of carboxylic acid groups (broad SMARTS) is 1. The maximum atomic E-state index is 10.8. The number of benzene rings is 1. The monoisotopic (exact) mass is 271 g/mol. The molecular weight excluding hydrogens is 252 g/mol. The maximum Gasteiger partial charge on any atom is 0.113 e. The molecule has 0 aliphatic heterocycles. The van der Waals surface area contributed by atoms with Gasteiger partial charge in [-0.1, -0.05) is 31.4 Å². The van der Waals surface area contributed by atoms with Crippen molar-refractivity contribution in [1.82, 2.24) is 9.55 Å². The van der Waals surface area contributed by atoms with Gasteiger partial charge in [0.05, 0.1) is 11.0 Å². The van der Waals surface area contributed by atoms with Crippen LogP contribution in [0.3, 0.4) is 0 Å². The lowest BCUT2D eigenvalue weighted by atomic mass is 9.88. The van der Waals surface area contributed by atoms with E-state index in [0.29, 0.717) is 12.5 Å². The summed E-state index contributed by atoms with van der Waals surface area (Å²) in [6, 6.07) is 7.97. The van der Waals surface area contributed by atoms with Crippen molar-refractivity contribution < 1.29 is 9.90 Å². The van der Waals surface area contributed by atoms with Gasteiger partial charge in [-0.2, -0.15) is 0 Å². The second-order valence-corrected chi connectivity index (χ2v) is 5.57. The second kappa shape index (κ2) is 5.65. The predicted octanol–water partition coefficient (Wildman–Crippen LogP) is 2.22. The van der Waals surface area contributed by atoms with Crippen LogP contribution in [0.5, 0.6) is 0 Å². The lowest BCUT2D eigenvalue weighted by Gasteiger charge is -2.22. The molecule has 3 rings (SSSR count). The number of aliphatic carboxylic acids is 1. The summed E-state index contributed by atoms with van der Waals surface area (Å²) in [4.78, 5) is 15.5. The van der Waals surface area contributed by atoms with E-state index in [9.17, 15) is 9.90 Å². The third-order valence-electron chi connectivity index (χ3n) is 4.19. The molecule has 0 radical (unpaired) electrons. The van der Waals surface area contributed by atoms with Gasteiger partial charge in [-0.3, -0.25) is 0 Å². The van der Waals surface area contributed by atoms with Gasteiger partial charge in [0.2, 0.25) is 0 Å². The summed E-state index contributed by atoms with van der Waals surface area (Å²) in [5.74, 6) is 0.530. The van der Waals surface area contributed by atoms with Crippen molar-refractivity contribution >= 4 is 17.0 Å². The number of aryl methyl sites for hydroxylation is 1. The van der Waals surface area contributed by atoms with Crippen molar-refractivity contribution in [2.24, 2.45) is 0 Å². The van der Waals surface area contributed by atoms with Gasteiger partial charge in [-0.05, 0) is 25.0 Å². The lowest BCUT2D eigenvalue weighted by Crippen LogP contribution is -2.24. The van der Waals surface area contributed by atoms with Crippen molar-refractivity contribution in [2.45, 2.75) is 51.0 Å². The van der Waals surface area contributed by atoms with Gasteiger partial charge in [-0.25, -0.2) is 4.98 Å². The molecule has 1 saturated carbocycles. The molecule has 0 saturated heterocycles. The molecule has 4 heteroatoms. The fourth-order valence-electron chi connectivity index (χ4n) is 3.20. The first-order valence-electron chi connectivity index (χ1n) is 7.40. The fourth-order valence-corrected chi connectivity index (χ4v) is 3.20. The first-order valence-corrected chi connectivity index (χ1v) is 7.40. The summed E-state index contributed by atoms with van der Waals surface area (Å²) in [6.45, 7) is 0.453. The summed E-state index contributed by atoms with van der Waals surface area (Å²) in [6.07, 6.45) is 6.15. The smallest absolute Gasteiger partial charge is 0.113 e. The highest BCUT2D eigenvalue weighted by Gasteiger charge is 2.22. The van der Waals surface area contributed by atoms with Crippen LogP contribution in [0.25, 0.3) is 11.0 Å². The van der Waals surface area contributed by atoms with Crippen LogP contribution in [0, 0.1) is 0 Å². The van der Waals surface area contributed by atoms with Crippen LogP contribution in [0.4, 0.5) is 0 Å². The summed E-state index contributed by atoms with van der Waals surface area (Å²) < 4.78 is 2.08. The minimum absolute atomic E-state index is 0.0417. The Balaban J connectivity index is 1.99. The SMILES string of the molecule is O=C([O-])CCn1c(C2CCCCC2)nc2ccccc21. The highest BCUT2D eigenvalue weighted by atomic mass is 16.4. The molecule has 0 amide bonds. The zero-order valence-electron chi connectivity index (χ0n) is 11.5. The lowest BCUT2D eigenvalue weighted by molar-refractivity contribution is -0.305. The minimum atomic E-state index is -1.00. The molecule has 0 unspecified atom stereocenters. The Kier molecular flexibility index (Phi) is 3.72. The zero-order chi connectivity index (χ0) is 13.9. The molecule has 1 aromatic heterocycles. The van der Waals surface area contributed by atoms with Gasteiger partial charge in [0, 0.05) is 24.9 Å². The van der Waals surface area contributed by atoms with Crippen molar-refractivity contribution in [2.75, 3.05) is 0 Å². The van der Waals surface area contributed by atoms with Gasteiger partial charge in [0.1, 0.15) is 5.82 Å². The number of hydrogen-bond donors (Lipinski definition) is 0. The predicted molar refractivity (Wildman–Crippen MR) is 75.2 cm³/mol. The van der Waals surface area contributed by atoms with E-state index in [1.165, 1.54) is 19.3 Å². The quantitative estimate of drug-likeness (QED) is 0.856.